The summed E-state index contributed by atoms with van der Waals surface area (Å²) >= 11 is 0. The van der Waals surface area contributed by atoms with Crippen LogP contribution in [0.4, 0.5) is 0 Å². The van der Waals surface area contributed by atoms with Crippen molar-refractivity contribution in [2.75, 3.05) is 0 Å². The Balaban J connectivity index is 2.28. The second-order valence-corrected chi connectivity index (χ2v) is 5.00. The number of nitrogens with zero attached hydrogens (tertiary/aromatic N) is 2. The molecule has 0 fully saturated rings. The Hall–Kier alpha value is -2.76. The Morgan fingerprint density at radius 2 is 2.00 bits per heavy atom. The van der Waals surface area contributed by atoms with E-state index in [0.717, 1.165) is 11.1 Å². The van der Waals surface area contributed by atoms with Gasteiger partial charge in [0.05, 0.1) is 23.7 Å². The fourth-order valence-corrected chi connectivity index (χ4v) is 2.24. The number of rotatable bonds is 5. The molecule has 2 rings (SSSR count). The van der Waals surface area contributed by atoms with Crippen LogP contribution in [0.25, 0.3) is 0 Å². The minimum absolute atomic E-state index is 0.191. The van der Waals surface area contributed by atoms with Gasteiger partial charge in [-0.25, -0.2) is 9.97 Å². The van der Waals surface area contributed by atoms with Crippen LogP contribution in [0.2, 0.25) is 0 Å². The number of hydrogen-bond acceptors (Lipinski definition) is 4. The van der Waals surface area contributed by atoms with Gasteiger partial charge in [-0.1, -0.05) is 24.3 Å². The summed E-state index contributed by atoms with van der Waals surface area (Å²) in [6.45, 7) is 3.59. The average Bonchev–Trinajstić information content (AvgIpc) is 2.47. The lowest BCUT2D eigenvalue weighted by Crippen LogP contribution is -2.31. The predicted octanol–water partition coefficient (Wildman–Crippen LogP) is 2.04. The Kier molecular flexibility index (Phi) is 4.83. The Morgan fingerprint density at radius 1 is 1.27 bits per heavy atom. The molecule has 0 bridgehead atoms. The summed E-state index contributed by atoms with van der Waals surface area (Å²) in [7, 11) is 0. The minimum atomic E-state index is -0.977. The maximum Gasteiger partial charge on any atom is 0.305 e. The number of aromatic nitrogens is 2. The molecule has 6 nitrogen and oxygen atoms in total. The molecule has 1 unspecified atom stereocenters. The van der Waals surface area contributed by atoms with E-state index in [-0.39, 0.29) is 12.3 Å². The first kappa shape index (κ1) is 15.6. The number of amides is 1. The van der Waals surface area contributed by atoms with Crippen LogP contribution in [-0.4, -0.2) is 27.0 Å². The van der Waals surface area contributed by atoms with Crippen LogP contribution in [0.15, 0.2) is 36.8 Å². The molecule has 22 heavy (non-hydrogen) atoms. The third-order valence-electron chi connectivity index (χ3n) is 3.40. The summed E-state index contributed by atoms with van der Waals surface area (Å²) in [6.07, 6.45) is 2.60. The second kappa shape index (κ2) is 6.80. The highest BCUT2D eigenvalue weighted by Gasteiger charge is 2.21. The molecule has 1 amide bonds. The van der Waals surface area contributed by atoms with Gasteiger partial charge in [0.15, 0.2) is 0 Å². The quantitative estimate of drug-likeness (QED) is 0.881. The van der Waals surface area contributed by atoms with Crippen LogP contribution in [0.1, 0.15) is 39.6 Å². The van der Waals surface area contributed by atoms with E-state index < -0.39 is 12.0 Å². The first-order valence-corrected chi connectivity index (χ1v) is 6.84. The van der Waals surface area contributed by atoms with Crippen molar-refractivity contribution in [3.8, 4) is 0 Å². The van der Waals surface area contributed by atoms with Gasteiger partial charge in [-0.05, 0) is 25.0 Å². The summed E-state index contributed by atoms with van der Waals surface area (Å²) in [5.74, 6) is -1.36. The number of carboxylic acids is 1. The normalized spacial score (nSPS) is 11.7. The van der Waals surface area contributed by atoms with Crippen molar-refractivity contribution in [1.82, 2.24) is 15.3 Å². The predicted molar refractivity (Wildman–Crippen MR) is 80.4 cm³/mol. The number of aryl methyl sites for hydroxylation is 2. The Morgan fingerprint density at radius 3 is 2.64 bits per heavy atom. The zero-order valence-corrected chi connectivity index (χ0v) is 12.4. The zero-order chi connectivity index (χ0) is 16.1. The standard InChI is InChI=1S/C16H17N3O3/c1-10-5-3-4-6-12(10)14(7-15(20)21)19-16(22)13-8-17-9-18-11(13)2/h3-6,8-9,14H,7H2,1-2H3,(H,19,22)(H,20,21). The van der Waals surface area contributed by atoms with Gasteiger partial charge < -0.3 is 10.4 Å². The highest BCUT2D eigenvalue weighted by atomic mass is 16.4. The van der Waals surface area contributed by atoms with Crippen molar-refractivity contribution in [3.05, 3.63) is 59.2 Å². The first-order chi connectivity index (χ1) is 10.5. The lowest BCUT2D eigenvalue weighted by atomic mass is 9.98. The molecule has 1 aromatic carbocycles. The van der Waals surface area contributed by atoms with Crippen molar-refractivity contribution >= 4 is 11.9 Å². The van der Waals surface area contributed by atoms with Crippen LogP contribution >= 0.6 is 0 Å². The van der Waals surface area contributed by atoms with Crippen LogP contribution in [-0.2, 0) is 4.79 Å². The minimum Gasteiger partial charge on any atom is -0.481 e. The lowest BCUT2D eigenvalue weighted by molar-refractivity contribution is -0.137. The van der Waals surface area contributed by atoms with Gasteiger partial charge in [0.2, 0.25) is 0 Å². The molecule has 0 radical (unpaired) electrons. The molecular weight excluding hydrogens is 282 g/mol. The van der Waals surface area contributed by atoms with Crippen molar-refractivity contribution in [2.24, 2.45) is 0 Å². The van der Waals surface area contributed by atoms with E-state index in [9.17, 15) is 9.59 Å². The van der Waals surface area contributed by atoms with Crippen molar-refractivity contribution in [1.29, 1.82) is 0 Å². The van der Waals surface area contributed by atoms with Gasteiger partial charge in [0.25, 0.3) is 5.91 Å². The van der Waals surface area contributed by atoms with E-state index in [0.29, 0.717) is 11.3 Å². The smallest absolute Gasteiger partial charge is 0.305 e. The molecule has 1 heterocycles. The molecule has 114 valence electrons. The highest BCUT2D eigenvalue weighted by molar-refractivity contribution is 5.95. The molecule has 0 saturated heterocycles. The molecule has 0 spiro atoms. The first-order valence-electron chi connectivity index (χ1n) is 6.84. The molecule has 6 heteroatoms. The molecule has 0 aliphatic heterocycles. The summed E-state index contributed by atoms with van der Waals surface area (Å²) in [6, 6.07) is 6.78. The van der Waals surface area contributed by atoms with Gasteiger partial charge in [-0.15, -0.1) is 0 Å². The summed E-state index contributed by atoms with van der Waals surface area (Å²) in [5.41, 5.74) is 2.60. The zero-order valence-electron chi connectivity index (χ0n) is 12.4. The third-order valence-corrected chi connectivity index (χ3v) is 3.40. The molecule has 2 aromatic rings. The van der Waals surface area contributed by atoms with Crippen LogP contribution in [0.3, 0.4) is 0 Å². The van der Waals surface area contributed by atoms with Gasteiger partial charge in [-0.2, -0.15) is 0 Å². The number of hydrogen-bond donors (Lipinski definition) is 2. The number of benzene rings is 1. The van der Waals surface area contributed by atoms with Crippen LogP contribution < -0.4 is 5.32 Å². The van der Waals surface area contributed by atoms with E-state index in [1.54, 1.807) is 6.92 Å². The van der Waals surface area contributed by atoms with E-state index in [1.165, 1.54) is 12.5 Å². The van der Waals surface area contributed by atoms with Gasteiger partial charge in [-0.3, -0.25) is 9.59 Å². The number of carbonyl (C=O) groups excluding carboxylic acids is 1. The maximum atomic E-state index is 12.4. The Bertz CT molecular complexity index is 701. The largest absolute Gasteiger partial charge is 0.481 e. The van der Waals surface area contributed by atoms with E-state index >= 15 is 0 Å². The molecular formula is C16H17N3O3. The fraction of sp³-hybridized carbons (Fsp3) is 0.250. The maximum absolute atomic E-state index is 12.4. The monoisotopic (exact) mass is 299 g/mol. The van der Waals surface area contributed by atoms with Crippen molar-refractivity contribution in [3.63, 3.8) is 0 Å². The van der Waals surface area contributed by atoms with Gasteiger partial charge in [0, 0.05) is 6.20 Å². The molecule has 0 saturated carbocycles. The fourth-order valence-electron chi connectivity index (χ4n) is 2.24. The SMILES string of the molecule is Cc1ccccc1C(CC(=O)O)NC(=O)c1cncnc1C. The van der Waals surface area contributed by atoms with Crippen LogP contribution in [0, 0.1) is 13.8 Å². The molecule has 1 aromatic heterocycles. The number of carbonyl (C=O) groups is 2. The highest BCUT2D eigenvalue weighted by Crippen LogP contribution is 2.21. The average molecular weight is 299 g/mol. The summed E-state index contributed by atoms with van der Waals surface area (Å²) in [4.78, 5) is 31.3. The van der Waals surface area contributed by atoms with Gasteiger partial charge >= 0.3 is 5.97 Å². The lowest BCUT2D eigenvalue weighted by Gasteiger charge is -2.19. The number of nitrogens with one attached hydrogen (secondary N) is 1. The van der Waals surface area contributed by atoms with E-state index in [4.69, 9.17) is 5.11 Å². The van der Waals surface area contributed by atoms with Crippen molar-refractivity contribution in [2.45, 2.75) is 26.3 Å². The molecule has 0 aliphatic carbocycles. The molecule has 0 aliphatic rings. The topological polar surface area (TPSA) is 92.2 Å². The Labute approximate surface area is 128 Å². The van der Waals surface area contributed by atoms with Crippen LogP contribution in [0.5, 0.6) is 0 Å². The second-order valence-electron chi connectivity index (χ2n) is 5.00. The summed E-state index contributed by atoms with van der Waals surface area (Å²) in [5, 5.41) is 11.9. The van der Waals surface area contributed by atoms with E-state index in [1.807, 2.05) is 31.2 Å². The van der Waals surface area contributed by atoms with E-state index in [2.05, 4.69) is 15.3 Å². The molecule has 2 N–H and O–H groups in total. The van der Waals surface area contributed by atoms with Crippen molar-refractivity contribution < 1.29 is 14.7 Å². The number of carboxylic acid groups (broad SMARTS) is 1. The number of aliphatic carboxylic acids is 1. The van der Waals surface area contributed by atoms with Gasteiger partial charge in [0.1, 0.15) is 6.33 Å². The third kappa shape index (κ3) is 3.66. The summed E-state index contributed by atoms with van der Waals surface area (Å²) < 4.78 is 0. The molecule has 1 atom stereocenters.